The molecule has 1 heterocycles. The Morgan fingerprint density at radius 2 is 1.71 bits per heavy atom. The van der Waals surface area contributed by atoms with Crippen LogP contribution in [0.4, 0.5) is 0 Å². The van der Waals surface area contributed by atoms with E-state index in [2.05, 4.69) is 83.3 Å². The summed E-state index contributed by atoms with van der Waals surface area (Å²) in [5, 5.41) is 11.4. The van der Waals surface area contributed by atoms with Crippen molar-refractivity contribution in [3.8, 4) is 16.9 Å². The number of carbonyl (C=O) groups is 2. The molecule has 0 spiro atoms. The normalized spacial score (nSPS) is 12.4. The molecule has 6 heteroatoms. The van der Waals surface area contributed by atoms with Gasteiger partial charge in [0.25, 0.3) is 5.91 Å². The van der Waals surface area contributed by atoms with Gasteiger partial charge in [-0.2, -0.15) is 0 Å². The molecule has 186 valence electrons. The molecule has 0 fully saturated rings. The number of carboxylic acids is 1. The molecule has 0 radical (unpaired) electrons. The molecule has 1 aromatic heterocycles. The van der Waals surface area contributed by atoms with Gasteiger partial charge in [0, 0.05) is 11.4 Å². The van der Waals surface area contributed by atoms with Gasteiger partial charge in [0.15, 0.2) is 0 Å². The lowest BCUT2D eigenvalue weighted by Crippen LogP contribution is -2.25. The summed E-state index contributed by atoms with van der Waals surface area (Å²) < 4.78 is 6.40. The van der Waals surface area contributed by atoms with Crippen LogP contribution in [0.2, 0.25) is 0 Å². The van der Waals surface area contributed by atoms with E-state index in [0.717, 1.165) is 16.2 Å². The van der Waals surface area contributed by atoms with Crippen LogP contribution in [0.15, 0.2) is 54.6 Å². The molecule has 0 aliphatic carbocycles. The van der Waals surface area contributed by atoms with Gasteiger partial charge in [0.1, 0.15) is 11.9 Å². The molecule has 0 aliphatic heterocycles. The Kier molecular flexibility index (Phi) is 8.39. The van der Waals surface area contributed by atoms with Gasteiger partial charge in [-0.15, -0.1) is 11.3 Å². The Morgan fingerprint density at radius 1 is 1.03 bits per heavy atom. The summed E-state index contributed by atoms with van der Waals surface area (Å²) in [5.41, 5.74) is 4.93. The number of carbonyl (C=O) groups excluding carboxylic acids is 1. The van der Waals surface area contributed by atoms with Gasteiger partial charge in [-0.25, -0.2) is 0 Å². The zero-order valence-corrected chi connectivity index (χ0v) is 22.2. The second-order valence-electron chi connectivity index (χ2n) is 10.2. The van der Waals surface area contributed by atoms with Crippen molar-refractivity contribution in [1.29, 1.82) is 0 Å². The second kappa shape index (κ2) is 11.1. The van der Waals surface area contributed by atoms with E-state index < -0.39 is 5.97 Å². The first-order valence-corrected chi connectivity index (χ1v) is 12.8. The van der Waals surface area contributed by atoms with Crippen LogP contribution in [0.25, 0.3) is 11.1 Å². The molecule has 3 rings (SSSR count). The molecule has 0 bridgehead atoms. The van der Waals surface area contributed by atoms with Crippen molar-refractivity contribution in [2.75, 3.05) is 6.54 Å². The highest BCUT2D eigenvalue weighted by Crippen LogP contribution is 2.35. The summed E-state index contributed by atoms with van der Waals surface area (Å²) in [6.45, 7) is 13.0. The summed E-state index contributed by atoms with van der Waals surface area (Å²) >= 11 is 1.38. The Hall–Kier alpha value is -3.12. The number of aliphatic carboxylic acids is 1. The Bertz CT molecular complexity index is 1170. The number of amides is 1. The highest BCUT2D eigenvalue weighted by Gasteiger charge is 2.22. The summed E-state index contributed by atoms with van der Waals surface area (Å²) in [6, 6.07) is 18.6. The maximum atomic E-state index is 12.3. The molecule has 2 aromatic carbocycles. The Morgan fingerprint density at radius 3 is 2.29 bits per heavy atom. The number of nitrogens with one attached hydrogen (secondary N) is 1. The average Bonchev–Trinajstić information content (AvgIpc) is 3.26. The lowest BCUT2D eigenvalue weighted by atomic mass is 9.86. The largest absolute Gasteiger partial charge is 0.485 e. The van der Waals surface area contributed by atoms with E-state index in [4.69, 9.17) is 9.84 Å². The van der Waals surface area contributed by atoms with Crippen LogP contribution in [-0.4, -0.2) is 23.5 Å². The van der Waals surface area contributed by atoms with E-state index in [0.29, 0.717) is 4.88 Å². The van der Waals surface area contributed by atoms with E-state index >= 15 is 0 Å². The minimum Gasteiger partial charge on any atom is -0.485 e. The maximum Gasteiger partial charge on any atom is 0.305 e. The fraction of sp³-hybridized carbons (Fsp3) is 0.379. The maximum absolute atomic E-state index is 12.3. The first kappa shape index (κ1) is 26.5. The SMILES string of the molecule is Cc1cc(O[C@@H](c2ccc(C(=O)NCCC(=O)O)s2)C(C)C)ccc1-c1ccc(C(C)(C)C)cc1. The van der Waals surface area contributed by atoms with Gasteiger partial charge in [-0.1, -0.05) is 65.0 Å². The zero-order chi connectivity index (χ0) is 25.8. The van der Waals surface area contributed by atoms with Crippen molar-refractivity contribution in [1.82, 2.24) is 5.32 Å². The van der Waals surface area contributed by atoms with Gasteiger partial charge in [-0.3, -0.25) is 9.59 Å². The quantitative estimate of drug-likeness (QED) is 0.336. The van der Waals surface area contributed by atoms with Crippen molar-refractivity contribution in [3.63, 3.8) is 0 Å². The first-order valence-electron chi connectivity index (χ1n) is 11.9. The summed E-state index contributed by atoms with van der Waals surface area (Å²) in [4.78, 5) is 24.5. The number of carboxylic acid groups (broad SMARTS) is 1. The Balaban J connectivity index is 1.74. The molecule has 0 unspecified atom stereocenters. The molecular formula is C29H35NO4S. The van der Waals surface area contributed by atoms with Crippen LogP contribution in [0.1, 0.15) is 72.8 Å². The molecule has 0 saturated carbocycles. The highest BCUT2D eigenvalue weighted by molar-refractivity contribution is 7.14. The molecule has 5 nitrogen and oxygen atoms in total. The number of thiophene rings is 1. The fourth-order valence-corrected chi connectivity index (χ4v) is 4.98. The number of rotatable bonds is 9. The molecule has 0 aliphatic rings. The molecule has 2 N–H and O–H groups in total. The van der Waals surface area contributed by atoms with Crippen molar-refractivity contribution in [2.24, 2.45) is 5.92 Å². The van der Waals surface area contributed by atoms with Gasteiger partial charge in [0.2, 0.25) is 0 Å². The van der Waals surface area contributed by atoms with E-state index in [-0.39, 0.29) is 36.3 Å². The van der Waals surface area contributed by atoms with Gasteiger partial charge >= 0.3 is 5.97 Å². The van der Waals surface area contributed by atoms with Crippen LogP contribution in [0.3, 0.4) is 0 Å². The number of aryl methyl sites for hydroxylation is 1. The monoisotopic (exact) mass is 493 g/mol. The smallest absolute Gasteiger partial charge is 0.305 e. The third-order valence-electron chi connectivity index (χ3n) is 5.88. The Labute approximate surface area is 212 Å². The lowest BCUT2D eigenvalue weighted by Gasteiger charge is -2.22. The van der Waals surface area contributed by atoms with Crippen molar-refractivity contribution in [2.45, 2.75) is 59.5 Å². The third-order valence-corrected chi connectivity index (χ3v) is 7.03. The molecule has 1 atom stereocenters. The molecule has 0 saturated heterocycles. The van der Waals surface area contributed by atoms with Crippen molar-refractivity contribution < 1.29 is 19.4 Å². The molecule has 3 aromatic rings. The van der Waals surface area contributed by atoms with Crippen molar-refractivity contribution in [3.05, 3.63) is 75.5 Å². The topological polar surface area (TPSA) is 75.6 Å². The molecular weight excluding hydrogens is 458 g/mol. The fourth-order valence-electron chi connectivity index (χ4n) is 3.85. The number of hydrogen-bond donors (Lipinski definition) is 2. The van der Waals surface area contributed by atoms with Gasteiger partial charge in [0.05, 0.1) is 11.3 Å². The van der Waals surface area contributed by atoms with Gasteiger partial charge < -0.3 is 15.2 Å². The summed E-state index contributed by atoms with van der Waals surface area (Å²) in [5.74, 6) is -0.213. The zero-order valence-electron chi connectivity index (χ0n) is 21.3. The second-order valence-corrected chi connectivity index (χ2v) is 11.3. The third kappa shape index (κ3) is 6.95. The van der Waals surface area contributed by atoms with E-state index in [1.54, 1.807) is 6.07 Å². The van der Waals surface area contributed by atoms with Crippen molar-refractivity contribution >= 4 is 23.2 Å². The van der Waals surface area contributed by atoms with E-state index in [1.165, 1.54) is 28.0 Å². The number of hydrogen-bond acceptors (Lipinski definition) is 4. The van der Waals surface area contributed by atoms with Crippen LogP contribution in [0.5, 0.6) is 5.75 Å². The first-order chi connectivity index (χ1) is 16.5. The number of ether oxygens (including phenoxy) is 1. The molecule has 1 amide bonds. The average molecular weight is 494 g/mol. The van der Waals surface area contributed by atoms with Crippen LogP contribution >= 0.6 is 11.3 Å². The number of benzene rings is 2. The standard InChI is InChI=1S/C29H35NO4S/c1-18(2)27(24-13-14-25(35-24)28(33)30-16-15-26(31)32)34-22-11-12-23(19(3)17-22)20-7-9-21(10-8-20)29(4,5)6/h7-14,17-18,27H,15-16H2,1-6H3,(H,30,33)(H,31,32)/t27-/m1/s1. The predicted molar refractivity (Wildman–Crippen MR) is 142 cm³/mol. The minimum absolute atomic E-state index is 0.0994. The molecule has 35 heavy (non-hydrogen) atoms. The van der Waals surface area contributed by atoms with Crippen LogP contribution < -0.4 is 10.1 Å². The van der Waals surface area contributed by atoms with Crippen LogP contribution in [0, 0.1) is 12.8 Å². The van der Waals surface area contributed by atoms with E-state index in [9.17, 15) is 9.59 Å². The van der Waals surface area contributed by atoms with E-state index in [1.807, 2.05) is 12.1 Å². The predicted octanol–water partition coefficient (Wildman–Crippen LogP) is 7.00. The lowest BCUT2D eigenvalue weighted by molar-refractivity contribution is -0.136. The summed E-state index contributed by atoms with van der Waals surface area (Å²) in [6.07, 6.45) is -0.297. The van der Waals surface area contributed by atoms with Gasteiger partial charge in [-0.05, 0) is 64.8 Å². The highest BCUT2D eigenvalue weighted by atomic mass is 32.1. The summed E-state index contributed by atoms with van der Waals surface area (Å²) in [7, 11) is 0. The van der Waals surface area contributed by atoms with Crippen LogP contribution in [-0.2, 0) is 10.2 Å². The minimum atomic E-state index is -0.936.